The fraction of sp³-hybridized carbons (Fsp3) is 0.300. The van der Waals surface area contributed by atoms with Crippen molar-refractivity contribution in [2.45, 2.75) is 31.2 Å². The first-order valence-electron chi connectivity index (χ1n) is 9.07. The van der Waals surface area contributed by atoms with Crippen molar-refractivity contribution < 1.29 is 13.1 Å². The maximum atomic E-state index is 11.9. The molecule has 0 N–H and O–H groups in total. The molecule has 0 atom stereocenters. The molecule has 29 heavy (non-hydrogen) atoms. The van der Waals surface area contributed by atoms with Gasteiger partial charge in [-0.3, -0.25) is 4.98 Å². The van der Waals surface area contributed by atoms with Crippen molar-refractivity contribution in [3.63, 3.8) is 0 Å². The van der Waals surface area contributed by atoms with Crippen molar-refractivity contribution in [2.24, 2.45) is 0 Å². The predicted octanol–water partition coefficient (Wildman–Crippen LogP) is 2.31. The van der Waals surface area contributed by atoms with E-state index in [9.17, 15) is 13.6 Å². The monoisotopic (exact) mass is 411 g/mol. The summed E-state index contributed by atoms with van der Waals surface area (Å²) in [5.41, 5.74) is 3.40. The molecule has 1 aromatic carbocycles. The first kappa shape index (κ1) is 19.3. The van der Waals surface area contributed by atoms with Crippen molar-refractivity contribution in [1.82, 2.24) is 15.0 Å². The van der Waals surface area contributed by atoms with Gasteiger partial charge in [-0.15, -0.1) is 0 Å². The molecule has 8 nitrogen and oxygen atoms in total. The van der Waals surface area contributed by atoms with Crippen molar-refractivity contribution >= 4 is 21.3 Å². The summed E-state index contributed by atoms with van der Waals surface area (Å²) in [6.07, 6.45) is 7.09. The van der Waals surface area contributed by atoms with Gasteiger partial charge in [0.15, 0.2) is 26.9 Å². The zero-order valence-corrected chi connectivity index (χ0v) is 17.4. The number of aromatic nitrogens is 4. The van der Waals surface area contributed by atoms with E-state index >= 15 is 0 Å². The van der Waals surface area contributed by atoms with Crippen LogP contribution in [0.1, 0.15) is 25.2 Å². The van der Waals surface area contributed by atoms with Gasteiger partial charge in [0, 0.05) is 30.8 Å². The van der Waals surface area contributed by atoms with Crippen molar-refractivity contribution in [2.75, 3.05) is 17.7 Å². The maximum absolute atomic E-state index is 11.9. The SMILES string of the molecule is Cc1ncc(-c2ccc3c(c2)N(c2cncc(S(C)(=O)=O)n2)CC3(C)C)c[n+]1[O-]. The molecule has 3 aromatic rings. The first-order chi connectivity index (χ1) is 13.6. The molecule has 3 heterocycles. The Bertz CT molecular complexity index is 1220. The molecule has 0 unspecified atom stereocenters. The molecule has 0 amide bonds. The number of hydrogen-bond acceptors (Lipinski definition) is 7. The lowest BCUT2D eigenvalue weighted by Crippen LogP contribution is -2.30. The summed E-state index contributed by atoms with van der Waals surface area (Å²) in [7, 11) is -3.47. The second-order valence-electron chi connectivity index (χ2n) is 7.91. The van der Waals surface area contributed by atoms with Gasteiger partial charge >= 0.3 is 0 Å². The maximum Gasteiger partial charge on any atom is 0.298 e. The van der Waals surface area contributed by atoms with E-state index in [1.807, 2.05) is 23.1 Å². The lowest BCUT2D eigenvalue weighted by molar-refractivity contribution is -0.615. The quantitative estimate of drug-likeness (QED) is 0.481. The summed E-state index contributed by atoms with van der Waals surface area (Å²) >= 11 is 0. The van der Waals surface area contributed by atoms with Crippen LogP contribution in [-0.4, -0.2) is 36.2 Å². The van der Waals surface area contributed by atoms with Gasteiger partial charge in [0.25, 0.3) is 5.82 Å². The summed E-state index contributed by atoms with van der Waals surface area (Å²) in [5.74, 6) is 0.850. The number of benzene rings is 1. The summed E-state index contributed by atoms with van der Waals surface area (Å²) < 4.78 is 24.6. The van der Waals surface area contributed by atoms with Crippen molar-refractivity contribution in [3.05, 3.63) is 59.6 Å². The van der Waals surface area contributed by atoms with Crippen molar-refractivity contribution in [1.29, 1.82) is 0 Å². The van der Waals surface area contributed by atoms with Crippen molar-refractivity contribution in [3.8, 4) is 11.1 Å². The molecule has 1 aliphatic heterocycles. The van der Waals surface area contributed by atoms with E-state index in [1.54, 1.807) is 19.3 Å². The summed E-state index contributed by atoms with van der Waals surface area (Å²) in [6.45, 7) is 6.52. The van der Waals surface area contributed by atoms with Crippen LogP contribution >= 0.6 is 0 Å². The van der Waals surface area contributed by atoms with E-state index < -0.39 is 9.84 Å². The van der Waals surface area contributed by atoms with Crippen LogP contribution in [0.2, 0.25) is 0 Å². The highest BCUT2D eigenvalue weighted by molar-refractivity contribution is 7.90. The molecule has 0 spiro atoms. The van der Waals surface area contributed by atoms with Gasteiger partial charge in [-0.25, -0.2) is 18.1 Å². The zero-order chi connectivity index (χ0) is 21.0. The van der Waals surface area contributed by atoms with E-state index in [0.717, 1.165) is 27.8 Å². The molecule has 0 bridgehead atoms. The highest BCUT2D eigenvalue weighted by Crippen LogP contribution is 2.45. The topological polar surface area (TPSA) is 103 Å². The van der Waals surface area contributed by atoms with Crippen LogP contribution in [0.15, 0.2) is 48.0 Å². The third-order valence-corrected chi connectivity index (χ3v) is 6.08. The van der Waals surface area contributed by atoms with E-state index in [-0.39, 0.29) is 10.4 Å². The molecule has 0 radical (unpaired) electrons. The number of fused-ring (bicyclic) bond motifs is 1. The lowest BCUT2D eigenvalue weighted by atomic mass is 9.86. The molecule has 0 saturated carbocycles. The Labute approximate surface area is 169 Å². The molecule has 1 aliphatic rings. The minimum atomic E-state index is -3.47. The molecule has 0 saturated heterocycles. The Morgan fingerprint density at radius 2 is 1.93 bits per heavy atom. The third-order valence-electron chi connectivity index (χ3n) is 5.13. The van der Waals surface area contributed by atoms with Gasteiger partial charge < -0.3 is 10.1 Å². The van der Waals surface area contributed by atoms with Crippen LogP contribution in [0, 0.1) is 12.1 Å². The van der Waals surface area contributed by atoms with E-state index in [2.05, 4.69) is 28.8 Å². The predicted molar refractivity (Wildman–Crippen MR) is 109 cm³/mol. The summed E-state index contributed by atoms with van der Waals surface area (Å²) in [4.78, 5) is 14.5. The largest absolute Gasteiger partial charge is 0.711 e. The normalized spacial score (nSPS) is 15.4. The smallest absolute Gasteiger partial charge is 0.298 e. The number of hydrogen-bond donors (Lipinski definition) is 0. The van der Waals surface area contributed by atoms with E-state index in [4.69, 9.17) is 0 Å². The van der Waals surface area contributed by atoms with Crippen LogP contribution in [0.4, 0.5) is 11.5 Å². The third kappa shape index (κ3) is 3.42. The zero-order valence-electron chi connectivity index (χ0n) is 16.6. The minimum absolute atomic E-state index is 0.0625. The van der Waals surface area contributed by atoms with Gasteiger partial charge in [-0.05, 0) is 17.2 Å². The van der Waals surface area contributed by atoms with Crippen LogP contribution in [0.5, 0.6) is 0 Å². The first-order valence-corrected chi connectivity index (χ1v) is 11.0. The van der Waals surface area contributed by atoms with Crippen LogP contribution in [0.25, 0.3) is 11.1 Å². The van der Waals surface area contributed by atoms with E-state index in [0.29, 0.717) is 23.8 Å². The average Bonchev–Trinajstić information content (AvgIpc) is 2.94. The minimum Gasteiger partial charge on any atom is -0.711 e. The molecule has 150 valence electrons. The molecule has 4 rings (SSSR count). The van der Waals surface area contributed by atoms with Gasteiger partial charge in [0.2, 0.25) is 0 Å². The highest BCUT2D eigenvalue weighted by Gasteiger charge is 2.37. The van der Waals surface area contributed by atoms with Gasteiger partial charge in [-0.1, -0.05) is 31.0 Å². The molecular formula is C20H21N5O3S. The molecule has 9 heteroatoms. The van der Waals surface area contributed by atoms with Crippen LogP contribution in [0.3, 0.4) is 0 Å². The Balaban J connectivity index is 1.84. The van der Waals surface area contributed by atoms with Gasteiger partial charge in [0.1, 0.15) is 6.20 Å². The molecular weight excluding hydrogens is 390 g/mol. The molecule has 0 aliphatic carbocycles. The number of anilines is 2. The lowest BCUT2D eigenvalue weighted by Gasteiger charge is -2.21. The fourth-order valence-electron chi connectivity index (χ4n) is 3.55. The standard InChI is InChI=1S/C20H21N5O3S/c1-13-22-8-15(11-25(13)26)14-5-6-16-17(7-14)24(12-20(16,2)3)18-9-21-10-19(23-18)29(4,27)28/h5-11H,12H2,1-4H3. The van der Waals surface area contributed by atoms with Crippen LogP contribution < -0.4 is 9.63 Å². The van der Waals surface area contributed by atoms with E-state index in [1.165, 1.54) is 12.4 Å². The number of sulfone groups is 1. The second kappa shape index (κ2) is 6.48. The van der Waals surface area contributed by atoms with Gasteiger partial charge in [0.05, 0.1) is 18.0 Å². The Kier molecular flexibility index (Phi) is 4.30. The Morgan fingerprint density at radius 3 is 2.62 bits per heavy atom. The second-order valence-corrected chi connectivity index (χ2v) is 9.87. The molecule has 0 fully saturated rings. The van der Waals surface area contributed by atoms with Gasteiger partial charge in [-0.2, -0.15) is 0 Å². The Hall–Kier alpha value is -3.07. The highest BCUT2D eigenvalue weighted by atomic mass is 32.2. The number of aryl methyl sites for hydroxylation is 1. The molecule has 2 aromatic heterocycles. The van der Waals surface area contributed by atoms with Crippen LogP contribution in [-0.2, 0) is 15.3 Å². The Morgan fingerprint density at radius 1 is 1.17 bits per heavy atom. The number of nitrogens with zero attached hydrogens (tertiary/aromatic N) is 5. The fourth-order valence-corrected chi connectivity index (χ4v) is 4.06. The number of rotatable bonds is 3. The summed E-state index contributed by atoms with van der Waals surface area (Å²) in [5, 5.41) is 11.9. The summed E-state index contributed by atoms with van der Waals surface area (Å²) in [6, 6.07) is 5.98. The average molecular weight is 411 g/mol.